The lowest BCUT2D eigenvalue weighted by atomic mass is 10.7. The van der Waals surface area contributed by atoms with Crippen LogP contribution < -0.4 is 5.48 Å². The molecule has 0 saturated carbocycles. The molecule has 0 fully saturated rings. The molecule has 0 rings (SSSR count). The maximum absolute atomic E-state index is 11.2. The van der Waals surface area contributed by atoms with E-state index in [4.69, 9.17) is 9.79 Å². The number of hydrogen-bond acceptors (Lipinski definition) is 3. The van der Waals surface area contributed by atoms with Gasteiger partial charge in [-0.3, -0.25) is 0 Å². The molecule has 0 heterocycles. The molecule has 3 N–H and O–H groups in total. The Balaban J connectivity index is 3.52. The summed E-state index contributed by atoms with van der Waals surface area (Å²) in [5.41, 5.74) is 1.08. The zero-order chi connectivity index (χ0) is 9.12. The Labute approximate surface area is 59.4 Å². The van der Waals surface area contributed by atoms with Gasteiger partial charge in [0.1, 0.15) is 6.54 Å². The van der Waals surface area contributed by atoms with Crippen LogP contribution in [0.1, 0.15) is 0 Å². The van der Waals surface area contributed by atoms with E-state index >= 15 is 0 Å². The van der Waals surface area contributed by atoms with E-state index in [1.807, 2.05) is 0 Å². The lowest BCUT2D eigenvalue weighted by molar-refractivity contribution is -0.139. The summed E-state index contributed by atoms with van der Waals surface area (Å²) < 4.78 is 46.8. The molecule has 0 aliphatic rings. The van der Waals surface area contributed by atoms with Crippen molar-refractivity contribution >= 4 is 7.82 Å². The van der Waals surface area contributed by atoms with Crippen LogP contribution in [0, 0.1) is 0 Å². The standard InChI is InChI=1S/C2H5F3NO4P/c3-2(4,5)1-6-10-11(7,8)9/h6H,1H2,(H2,7,8,9). The van der Waals surface area contributed by atoms with Gasteiger partial charge in [-0.05, 0) is 0 Å². The molecular weight excluding hydrogens is 190 g/mol. The average Bonchev–Trinajstić information content (AvgIpc) is 1.55. The van der Waals surface area contributed by atoms with Gasteiger partial charge in [-0.1, -0.05) is 0 Å². The van der Waals surface area contributed by atoms with Crippen molar-refractivity contribution < 1.29 is 32.1 Å². The first-order chi connectivity index (χ1) is 4.71. The summed E-state index contributed by atoms with van der Waals surface area (Å²) in [5.74, 6) is 0. The molecule has 9 heteroatoms. The molecule has 0 bridgehead atoms. The van der Waals surface area contributed by atoms with E-state index in [1.165, 1.54) is 0 Å². The van der Waals surface area contributed by atoms with Gasteiger partial charge in [0, 0.05) is 0 Å². The number of alkyl halides is 3. The van der Waals surface area contributed by atoms with E-state index in [0.717, 1.165) is 5.48 Å². The third-order valence-corrected chi connectivity index (χ3v) is 0.823. The van der Waals surface area contributed by atoms with Gasteiger partial charge in [-0.25, -0.2) is 4.57 Å². The van der Waals surface area contributed by atoms with Crippen molar-refractivity contribution in [3.63, 3.8) is 0 Å². The lowest BCUT2D eigenvalue weighted by Crippen LogP contribution is -2.27. The normalized spacial score (nSPS) is 13.5. The second kappa shape index (κ2) is 3.51. The Kier molecular flexibility index (Phi) is 3.46. The molecule has 0 amide bonds. The van der Waals surface area contributed by atoms with Gasteiger partial charge in [-0.2, -0.15) is 23.3 Å². The van der Waals surface area contributed by atoms with Crippen LogP contribution in [-0.2, 0) is 9.19 Å². The maximum atomic E-state index is 11.2. The summed E-state index contributed by atoms with van der Waals surface area (Å²) in [5, 5.41) is 0. The first-order valence-corrected chi connectivity index (χ1v) is 3.77. The smallest absolute Gasteiger partial charge is 0.302 e. The SMILES string of the molecule is O=P(O)(O)ONCC(F)(F)F. The fourth-order valence-corrected chi connectivity index (χ4v) is 0.431. The highest BCUT2D eigenvalue weighted by atomic mass is 31.2. The first-order valence-electron chi connectivity index (χ1n) is 2.24. The van der Waals surface area contributed by atoms with Crippen molar-refractivity contribution in [2.24, 2.45) is 0 Å². The molecule has 5 nitrogen and oxygen atoms in total. The minimum atomic E-state index is -4.86. The molecule has 0 aromatic heterocycles. The highest BCUT2D eigenvalue weighted by Gasteiger charge is 2.28. The van der Waals surface area contributed by atoms with E-state index in [1.54, 1.807) is 0 Å². The zero-order valence-electron chi connectivity index (χ0n) is 5.00. The molecule has 0 aromatic rings. The van der Waals surface area contributed by atoms with Gasteiger partial charge in [0.25, 0.3) is 0 Å². The predicted octanol–water partition coefficient (Wildman–Crippen LogP) is 0.163. The van der Waals surface area contributed by atoms with Crippen LogP contribution in [0.3, 0.4) is 0 Å². The maximum Gasteiger partial charge on any atom is 0.486 e. The monoisotopic (exact) mass is 195 g/mol. The van der Waals surface area contributed by atoms with E-state index in [2.05, 4.69) is 4.62 Å². The highest BCUT2D eigenvalue weighted by molar-refractivity contribution is 7.46. The van der Waals surface area contributed by atoms with Crippen LogP contribution in [0.5, 0.6) is 0 Å². The third-order valence-electron chi connectivity index (χ3n) is 0.456. The number of phosphoric acid groups is 1. The van der Waals surface area contributed by atoms with E-state index < -0.39 is 20.5 Å². The Morgan fingerprint density at radius 1 is 1.45 bits per heavy atom. The van der Waals surface area contributed by atoms with Crippen LogP contribution >= 0.6 is 7.82 Å². The lowest BCUT2D eigenvalue weighted by Gasteiger charge is -2.08. The zero-order valence-corrected chi connectivity index (χ0v) is 5.89. The van der Waals surface area contributed by atoms with Crippen LogP contribution in [-0.4, -0.2) is 22.5 Å². The Hall–Kier alpha value is -0.140. The number of nitrogens with one attached hydrogen (secondary N) is 1. The van der Waals surface area contributed by atoms with E-state index in [-0.39, 0.29) is 0 Å². The average molecular weight is 195 g/mol. The van der Waals surface area contributed by atoms with Gasteiger partial charge < -0.3 is 9.79 Å². The molecule has 0 spiro atoms. The van der Waals surface area contributed by atoms with Crippen LogP contribution in [0.4, 0.5) is 13.2 Å². The number of rotatable bonds is 3. The molecule has 0 aliphatic heterocycles. The summed E-state index contributed by atoms with van der Waals surface area (Å²) in [6.07, 6.45) is -4.56. The second-order valence-electron chi connectivity index (χ2n) is 1.52. The van der Waals surface area contributed by atoms with Crippen molar-refractivity contribution in [1.29, 1.82) is 0 Å². The highest BCUT2D eigenvalue weighted by Crippen LogP contribution is 2.34. The number of hydrogen-bond donors (Lipinski definition) is 3. The fraction of sp³-hybridized carbons (Fsp3) is 1.00. The first kappa shape index (κ1) is 10.9. The third kappa shape index (κ3) is 9.86. The molecule has 0 aromatic carbocycles. The largest absolute Gasteiger partial charge is 0.486 e. The molecule has 0 aliphatic carbocycles. The topological polar surface area (TPSA) is 78.8 Å². The summed E-state index contributed by atoms with van der Waals surface area (Å²) in [6, 6.07) is 0. The number of halogens is 3. The minimum Gasteiger partial charge on any atom is -0.302 e. The van der Waals surface area contributed by atoms with Crippen LogP contribution in [0.2, 0.25) is 0 Å². The Morgan fingerprint density at radius 2 is 1.91 bits per heavy atom. The molecule has 0 radical (unpaired) electrons. The molecule has 0 atom stereocenters. The van der Waals surface area contributed by atoms with Crippen molar-refractivity contribution in [3.8, 4) is 0 Å². The summed E-state index contributed by atoms with van der Waals surface area (Å²) in [6.45, 7) is -1.61. The van der Waals surface area contributed by atoms with Gasteiger partial charge in [0.05, 0.1) is 0 Å². The minimum absolute atomic E-state index is 1.08. The molecule has 11 heavy (non-hydrogen) atoms. The van der Waals surface area contributed by atoms with Gasteiger partial charge in [0.2, 0.25) is 0 Å². The molecule has 0 saturated heterocycles. The fourth-order valence-electron chi connectivity index (χ4n) is 0.198. The molecular formula is C2H5F3NO4P. The quantitative estimate of drug-likeness (QED) is 0.441. The summed E-state index contributed by atoms with van der Waals surface area (Å²) in [7, 11) is -4.86. The summed E-state index contributed by atoms with van der Waals surface area (Å²) >= 11 is 0. The molecule has 0 unspecified atom stereocenters. The van der Waals surface area contributed by atoms with Gasteiger partial charge in [0.15, 0.2) is 0 Å². The predicted molar refractivity (Wildman–Crippen MR) is 27.2 cm³/mol. The summed E-state index contributed by atoms with van der Waals surface area (Å²) in [4.78, 5) is 15.7. The van der Waals surface area contributed by atoms with Crippen LogP contribution in [0.25, 0.3) is 0 Å². The van der Waals surface area contributed by atoms with Crippen molar-refractivity contribution in [3.05, 3.63) is 0 Å². The van der Waals surface area contributed by atoms with Crippen molar-refractivity contribution in [1.82, 2.24) is 5.48 Å². The second-order valence-corrected chi connectivity index (χ2v) is 2.68. The van der Waals surface area contributed by atoms with Gasteiger partial charge in [-0.15, -0.1) is 0 Å². The van der Waals surface area contributed by atoms with Crippen molar-refractivity contribution in [2.75, 3.05) is 6.54 Å². The van der Waals surface area contributed by atoms with Crippen LogP contribution in [0.15, 0.2) is 0 Å². The Morgan fingerprint density at radius 3 is 2.18 bits per heavy atom. The van der Waals surface area contributed by atoms with E-state index in [9.17, 15) is 17.7 Å². The Bertz CT molecular complexity index is 163. The van der Waals surface area contributed by atoms with Gasteiger partial charge >= 0.3 is 14.0 Å². The number of hydroxylamine groups is 1. The molecule has 68 valence electrons. The van der Waals surface area contributed by atoms with E-state index in [0.29, 0.717) is 0 Å². The van der Waals surface area contributed by atoms with Crippen molar-refractivity contribution in [2.45, 2.75) is 6.18 Å².